The van der Waals surface area contributed by atoms with Crippen molar-refractivity contribution in [2.75, 3.05) is 33.9 Å². The summed E-state index contributed by atoms with van der Waals surface area (Å²) in [5, 5.41) is 5.86. The van der Waals surface area contributed by atoms with E-state index in [-0.39, 0.29) is 0 Å². The zero-order valence-electron chi connectivity index (χ0n) is 13.8. The summed E-state index contributed by atoms with van der Waals surface area (Å²) in [5.74, 6) is 1.53. The number of ether oxygens (including phenoxy) is 1. The Morgan fingerprint density at radius 2 is 2.26 bits per heavy atom. The van der Waals surface area contributed by atoms with Crippen LogP contribution in [-0.4, -0.2) is 49.7 Å². The van der Waals surface area contributed by atoms with Crippen molar-refractivity contribution in [3.8, 4) is 0 Å². The molecule has 23 heavy (non-hydrogen) atoms. The predicted molar refractivity (Wildman–Crippen MR) is 93.5 cm³/mol. The minimum Gasteiger partial charge on any atom is -0.384 e. The van der Waals surface area contributed by atoms with E-state index in [0.717, 1.165) is 37.8 Å². The highest BCUT2D eigenvalue weighted by atomic mass is 16.5. The van der Waals surface area contributed by atoms with Gasteiger partial charge in [0.2, 0.25) is 0 Å². The molecule has 0 aliphatic carbocycles. The van der Waals surface area contributed by atoms with Crippen LogP contribution >= 0.6 is 0 Å². The van der Waals surface area contributed by atoms with E-state index in [0.29, 0.717) is 12.5 Å². The molecule has 122 valence electrons. The first-order valence-corrected chi connectivity index (χ1v) is 8.09. The van der Waals surface area contributed by atoms with Crippen LogP contribution in [0, 0.1) is 5.92 Å². The molecule has 2 heterocycles. The molecule has 1 saturated heterocycles. The highest BCUT2D eigenvalue weighted by Gasteiger charge is 2.24. The van der Waals surface area contributed by atoms with Gasteiger partial charge in [-0.2, -0.15) is 0 Å². The maximum atomic E-state index is 5.27. The molecule has 0 spiro atoms. The zero-order valence-corrected chi connectivity index (χ0v) is 13.8. The van der Waals surface area contributed by atoms with Gasteiger partial charge in [0.05, 0.1) is 18.8 Å². The molecule has 1 N–H and O–H groups in total. The summed E-state index contributed by atoms with van der Waals surface area (Å²) in [7, 11) is 3.60. The average Bonchev–Trinajstić information content (AvgIpc) is 3.04. The minimum absolute atomic E-state index is 0.592. The number of methoxy groups -OCH3 is 1. The molecule has 5 heteroatoms. The third-order valence-corrected chi connectivity index (χ3v) is 4.37. The van der Waals surface area contributed by atoms with Crippen molar-refractivity contribution in [1.29, 1.82) is 0 Å². The van der Waals surface area contributed by atoms with Crippen molar-refractivity contribution < 1.29 is 4.74 Å². The lowest BCUT2D eigenvalue weighted by Gasteiger charge is -2.21. The molecule has 2 aromatic rings. The number of aromatic nitrogens is 1. The van der Waals surface area contributed by atoms with Gasteiger partial charge in [0.1, 0.15) is 0 Å². The number of aliphatic imine (C=N–C) groups is 1. The maximum absolute atomic E-state index is 5.27. The van der Waals surface area contributed by atoms with Crippen LogP contribution in [0.5, 0.6) is 0 Å². The second kappa shape index (κ2) is 7.42. The van der Waals surface area contributed by atoms with Crippen molar-refractivity contribution >= 4 is 16.7 Å². The van der Waals surface area contributed by atoms with E-state index in [2.05, 4.69) is 44.5 Å². The Morgan fingerprint density at radius 3 is 3.09 bits per heavy atom. The van der Waals surface area contributed by atoms with Gasteiger partial charge in [0.15, 0.2) is 5.96 Å². The van der Waals surface area contributed by atoms with Gasteiger partial charge in [0.25, 0.3) is 0 Å². The number of pyridine rings is 1. The fourth-order valence-electron chi connectivity index (χ4n) is 3.21. The topological polar surface area (TPSA) is 49.8 Å². The van der Waals surface area contributed by atoms with Crippen LogP contribution in [0.25, 0.3) is 10.8 Å². The molecule has 0 radical (unpaired) electrons. The van der Waals surface area contributed by atoms with Crippen molar-refractivity contribution in [2.45, 2.75) is 13.0 Å². The standard InChI is InChI=1S/C18H24N4O/c1-19-18(22-10-8-14(12-22)13-23-2)21-11-17-16-6-4-3-5-15(16)7-9-20-17/h3-7,9,14H,8,10-13H2,1-2H3,(H,19,21). The molecule has 1 atom stereocenters. The molecule has 0 bridgehead atoms. The van der Waals surface area contributed by atoms with E-state index in [1.807, 2.05) is 19.3 Å². The second-order valence-electron chi connectivity index (χ2n) is 5.94. The second-order valence-corrected chi connectivity index (χ2v) is 5.94. The molecule has 1 aromatic heterocycles. The molecule has 0 amide bonds. The molecule has 1 aliphatic heterocycles. The lowest BCUT2D eigenvalue weighted by atomic mass is 10.1. The van der Waals surface area contributed by atoms with Crippen LogP contribution < -0.4 is 5.32 Å². The average molecular weight is 312 g/mol. The number of benzene rings is 1. The molecule has 1 aromatic carbocycles. The molecule has 1 aliphatic rings. The molecular weight excluding hydrogens is 288 g/mol. The quantitative estimate of drug-likeness (QED) is 0.695. The van der Waals surface area contributed by atoms with E-state index < -0.39 is 0 Å². The van der Waals surface area contributed by atoms with E-state index in [9.17, 15) is 0 Å². The number of likely N-dealkylation sites (tertiary alicyclic amines) is 1. The van der Waals surface area contributed by atoms with Crippen LogP contribution in [0.3, 0.4) is 0 Å². The van der Waals surface area contributed by atoms with Crippen molar-refractivity contribution in [1.82, 2.24) is 15.2 Å². The molecule has 1 fully saturated rings. The molecule has 3 rings (SSSR count). The fraction of sp³-hybridized carbons (Fsp3) is 0.444. The first-order chi connectivity index (χ1) is 11.3. The smallest absolute Gasteiger partial charge is 0.193 e. The van der Waals surface area contributed by atoms with Crippen LogP contribution in [0.2, 0.25) is 0 Å². The largest absolute Gasteiger partial charge is 0.384 e. The highest BCUT2D eigenvalue weighted by molar-refractivity contribution is 5.85. The van der Waals surface area contributed by atoms with Crippen LogP contribution in [-0.2, 0) is 11.3 Å². The van der Waals surface area contributed by atoms with Crippen LogP contribution in [0.4, 0.5) is 0 Å². The summed E-state index contributed by atoms with van der Waals surface area (Å²) < 4.78 is 5.27. The van der Waals surface area contributed by atoms with Crippen LogP contribution in [0.15, 0.2) is 41.5 Å². The first-order valence-electron chi connectivity index (χ1n) is 8.09. The minimum atomic E-state index is 0.592. The fourth-order valence-corrected chi connectivity index (χ4v) is 3.21. The number of hydrogen-bond donors (Lipinski definition) is 1. The van der Waals surface area contributed by atoms with Gasteiger partial charge in [-0.3, -0.25) is 9.98 Å². The van der Waals surface area contributed by atoms with Gasteiger partial charge in [-0.1, -0.05) is 24.3 Å². The number of rotatable bonds is 4. The number of fused-ring (bicyclic) bond motifs is 1. The molecular formula is C18H24N4O. The summed E-state index contributed by atoms with van der Waals surface area (Å²) in [6, 6.07) is 10.4. The van der Waals surface area contributed by atoms with E-state index in [1.54, 1.807) is 7.11 Å². The van der Waals surface area contributed by atoms with Gasteiger partial charge in [0, 0.05) is 44.7 Å². The first kappa shape index (κ1) is 15.7. The summed E-state index contributed by atoms with van der Waals surface area (Å²) in [6.07, 6.45) is 3.02. The van der Waals surface area contributed by atoms with Gasteiger partial charge in [-0.05, 0) is 17.9 Å². The van der Waals surface area contributed by atoms with Gasteiger partial charge in [-0.15, -0.1) is 0 Å². The molecule has 5 nitrogen and oxygen atoms in total. The Hall–Kier alpha value is -2.14. The maximum Gasteiger partial charge on any atom is 0.193 e. The zero-order chi connectivity index (χ0) is 16.1. The monoisotopic (exact) mass is 312 g/mol. The predicted octanol–water partition coefficient (Wildman–Crippen LogP) is 2.28. The number of nitrogens with zero attached hydrogens (tertiary/aromatic N) is 3. The summed E-state index contributed by atoms with van der Waals surface area (Å²) in [6.45, 7) is 3.52. The Kier molecular flexibility index (Phi) is 5.08. The van der Waals surface area contributed by atoms with Gasteiger partial charge in [-0.25, -0.2) is 0 Å². The summed E-state index contributed by atoms with van der Waals surface area (Å²) >= 11 is 0. The van der Waals surface area contributed by atoms with Crippen LogP contribution in [0.1, 0.15) is 12.1 Å². The van der Waals surface area contributed by atoms with E-state index in [4.69, 9.17) is 4.74 Å². The van der Waals surface area contributed by atoms with Crippen molar-refractivity contribution in [2.24, 2.45) is 10.9 Å². The SMILES string of the molecule is CN=C(NCc1nccc2ccccc12)N1CCC(COC)C1. The third kappa shape index (κ3) is 3.62. The number of nitrogens with one attached hydrogen (secondary N) is 1. The Bertz CT molecular complexity index is 680. The number of hydrogen-bond acceptors (Lipinski definition) is 3. The summed E-state index contributed by atoms with van der Waals surface area (Å²) in [4.78, 5) is 11.3. The third-order valence-electron chi connectivity index (χ3n) is 4.37. The Morgan fingerprint density at radius 1 is 1.39 bits per heavy atom. The van der Waals surface area contributed by atoms with Gasteiger partial charge >= 0.3 is 0 Å². The molecule has 0 saturated carbocycles. The summed E-state index contributed by atoms with van der Waals surface area (Å²) in [5.41, 5.74) is 1.05. The lowest BCUT2D eigenvalue weighted by molar-refractivity contribution is 0.157. The van der Waals surface area contributed by atoms with Crippen molar-refractivity contribution in [3.05, 3.63) is 42.2 Å². The van der Waals surface area contributed by atoms with Gasteiger partial charge < -0.3 is 15.0 Å². The number of guanidine groups is 1. The molecule has 1 unspecified atom stereocenters. The Labute approximate surface area is 137 Å². The normalized spacial score (nSPS) is 18.6. The van der Waals surface area contributed by atoms with E-state index in [1.165, 1.54) is 10.8 Å². The van der Waals surface area contributed by atoms with Crippen molar-refractivity contribution in [3.63, 3.8) is 0 Å². The van der Waals surface area contributed by atoms with E-state index >= 15 is 0 Å². The Balaban J connectivity index is 1.66. The highest BCUT2D eigenvalue weighted by Crippen LogP contribution is 2.18. The lowest BCUT2D eigenvalue weighted by Crippen LogP contribution is -2.40.